The van der Waals surface area contributed by atoms with Crippen LogP contribution in [0, 0.1) is 0 Å². The molecule has 2 aromatic rings. The zero-order chi connectivity index (χ0) is 11.7. The number of rotatable bonds is 2. The van der Waals surface area contributed by atoms with Gasteiger partial charge >= 0.3 is 0 Å². The van der Waals surface area contributed by atoms with E-state index in [4.69, 9.17) is 5.73 Å². The summed E-state index contributed by atoms with van der Waals surface area (Å²) in [5.41, 5.74) is 10.4. The first-order valence-electron chi connectivity index (χ1n) is 5.68. The molecule has 5 heteroatoms. The normalized spacial score (nSPS) is 19.1. The van der Waals surface area contributed by atoms with Gasteiger partial charge in [-0.2, -0.15) is 0 Å². The monoisotopic (exact) mass is 246 g/mol. The Hall–Kier alpha value is -1.46. The van der Waals surface area contributed by atoms with E-state index in [1.165, 1.54) is 11.1 Å². The first kappa shape index (κ1) is 10.7. The van der Waals surface area contributed by atoms with Crippen molar-refractivity contribution in [2.24, 2.45) is 5.73 Å². The lowest BCUT2D eigenvalue weighted by molar-refractivity contribution is 0.558. The van der Waals surface area contributed by atoms with E-state index in [0.717, 1.165) is 18.1 Å². The molecular weight excluding hydrogens is 232 g/mol. The summed E-state index contributed by atoms with van der Waals surface area (Å²) in [5, 5.41) is 9.03. The maximum Gasteiger partial charge on any atom is 0.208 e. The van der Waals surface area contributed by atoms with Gasteiger partial charge in [0.2, 0.25) is 5.13 Å². The molecule has 0 fully saturated rings. The van der Waals surface area contributed by atoms with Crippen LogP contribution in [0.2, 0.25) is 0 Å². The Balaban J connectivity index is 1.96. The van der Waals surface area contributed by atoms with Crippen LogP contribution in [0.3, 0.4) is 0 Å². The predicted molar refractivity (Wildman–Crippen MR) is 69.1 cm³/mol. The summed E-state index contributed by atoms with van der Waals surface area (Å²) < 4.78 is 0. The molecule has 0 amide bonds. The van der Waals surface area contributed by atoms with Gasteiger partial charge in [-0.25, -0.2) is 0 Å². The van der Waals surface area contributed by atoms with Crippen LogP contribution >= 0.6 is 11.3 Å². The molecule has 2 N–H and O–H groups in total. The molecule has 0 aliphatic carbocycles. The Labute approximate surface area is 104 Å². The van der Waals surface area contributed by atoms with Crippen molar-refractivity contribution in [3.8, 4) is 0 Å². The molecular formula is C12H14N4S. The molecule has 1 aromatic heterocycles. The van der Waals surface area contributed by atoms with Gasteiger partial charge in [0.1, 0.15) is 5.51 Å². The van der Waals surface area contributed by atoms with Crippen molar-refractivity contribution in [1.29, 1.82) is 0 Å². The van der Waals surface area contributed by atoms with Crippen molar-refractivity contribution >= 4 is 16.5 Å². The SMILES string of the molecule is NCC1Cc2ccccc2CN1c1nncs1. The van der Waals surface area contributed by atoms with Crippen LogP contribution in [0.4, 0.5) is 5.13 Å². The molecule has 3 rings (SSSR count). The van der Waals surface area contributed by atoms with Gasteiger partial charge in [-0.1, -0.05) is 35.6 Å². The number of nitrogens with two attached hydrogens (primary N) is 1. The highest BCUT2D eigenvalue weighted by Gasteiger charge is 2.26. The van der Waals surface area contributed by atoms with Gasteiger partial charge in [-0.3, -0.25) is 0 Å². The molecule has 1 unspecified atom stereocenters. The maximum absolute atomic E-state index is 5.87. The third kappa shape index (κ3) is 1.92. The minimum atomic E-state index is 0.331. The number of nitrogens with zero attached hydrogens (tertiary/aromatic N) is 3. The summed E-state index contributed by atoms with van der Waals surface area (Å²) in [7, 11) is 0. The molecule has 1 atom stereocenters. The fraction of sp³-hybridized carbons (Fsp3) is 0.333. The summed E-state index contributed by atoms with van der Waals surface area (Å²) in [4.78, 5) is 2.26. The summed E-state index contributed by atoms with van der Waals surface area (Å²) >= 11 is 1.57. The van der Waals surface area contributed by atoms with Crippen molar-refractivity contribution in [2.75, 3.05) is 11.4 Å². The number of anilines is 1. The third-order valence-corrected chi connectivity index (χ3v) is 3.95. The molecule has 4 nitrogen and oxygen atoms in total. The van der Waals surface area contributed by atoms with Gasteiger partial charge in [-0.05, 0) is 17.5 Å². The number of hydrogen-bond acceptors (Lipinski definition) is 5. The van der Waals surface area contributed by atoms with Gasteiger partial charge in [-0.15, -0.1) is 10.2 Å². The largest absolute Gasteiger partial charge is 0.338 e. The molecule has 17 heavy (non-hydrogen) atoms. The van der Waals surface area contributed by atoms with Crippen molar-refractivity contribution in [3.05, 3.63) is 40.9 Å². The zero-order valence-corrected chi connectivity index (χ0v) is 10.2. The highest BCUT2D eigenvalue weighted by molar-refractivity contribution is 7.13. The standard InChI is InChI=1S/C12H14N4S/c13-6-11-5-9-3-1-2-4-10(9)7-16(11)12-15-14-8-17-12/h1-4,8,11H,5-7,13H2. The fourth-order valence-electron chi connectivity index (χ4n) is 2.31. The molecule has 0 saturated carbocycles. The first-order valence-corrected chi connectivity index (χ1v) is 6.56. The van der Waals surface area contributed by atoms with Gasteiger partial charge in [0, 0.05) is 19.1 Å². The predicted octanol–water partition coefficient (Wildman–Crippen LogP) is 1.43. The quantitative estimate of drug-likeness (QED) is 0.871. The lowest BCUT2D eigenvalue weighted by Crippen LogP contribution is -2.45. The molecule has 0 saturated heterocycles. The summed E-state index contributed by atoms with van der Waals surface area (Å²) in [6.07, 6.45) is 0.992. The summed E-state index contributed by atoms with van der Waals surface area (Å²) in [6.45, 7) is 1.53. The molecule has 88 valence electrons. The van der Waals surface area contributed by atoms with Crippen molar-refractivity contribution in [3.63, 3.8) is 0 Å². The Morgan fingerprint density at radius 3 is 2.88 bits per heavy atom. The van der Waals surface area contributed by atoms with Crippen LogP contribution in [0.25, 0.3) is 0 Å². The average molecular weight is 246 g/mol. The molecule has 1 aliphatic rings. The number of hydrogen-bond donors (Lipinski definition) is 1. The van der Waals surface area contributed by atoms with Gasteiger partial charge in [0.15, 0.2) is 0 Å². The Kier molecular flexibility index (Phi) is 2.78. The van der Waals surface area contributed by atoms with E-state index >= 15 is 0 Å². The summed E-state index contributed by atoms with van der Waals surface area (Å²) in [5.74, 6) is 0. The minimum Gasteiger partial charge on any atom is -0.338 e. The van der Waals surface area contributed by atoms with Gasteiger partial charge < -0.3 is 10.6 Å². The topological polar surface area (TPSA) is 55.0 Å². The smallest absolute Gasteiger partial charge is 0.208 e. The molecule has 1 aliphatic heterocycles. The van der Waals surface area contributed by atoms with E-state index in [9.17, 15) is 0 Å². The van der Waals surface area contributed by atoms with E-state index in [1.807, 2.05) is 0 Å². The lowest BCUT2D eigenvalue weighted by Gasteiger charge is -2.35. The van der Waals surface area contributed by atoms with Gasteiger partial charge in [0.25, 0.3) is 0 Å². The second kappa shape index (κ2) is 4.43. The van der Waals surface area contributed by atoms with E-state index in [2.05, 4.69) is 39.4 Å². The van der Waals surface area contributed by atoms with Crippen LogP contribution in [0.1, 0.15) is 11.1 Å². The lowest BCUT2D eigenvalue weighted by atomic mass is 9.94. The molecule has 1 aromatic carbocycles. The van der Waals surface area contributed by atoms with Crippen LogP contribution in [-0.4, -0.2) is 22.8 Å². The number of fused-ring (bicyclic) bond motifs is 1. The average Bonchev–Trinajstić information content (AvgIpc) is 2.91. The second-order valence-corrected chi connectivity index (χ2v) is 5.02. The highest BCUT2D eigenvalue weighted by Crippen LogP contribution is 2.28. The van der Waals surface area contributed by atoms with Crippen molar-refractivity contribution in [2.45, 2.75) is 19.0 Å². The van der Waals surface area contributed by atoms with Crippen LogP contribution < -0.4 is 10.6 Å². The first-order chi connectivity index (χ1) is 8.38. The summed E-state index contributed by atoms with van der Waals surface area (Å²) in [6, 6.07) is 8.87. The zero-order valence-electron chi connectivity index (χ0n) is 9.41. The third-order valence-electron chi connectivity index (χ3n) is 3.22. The van der Waals surface area contributed by atoms with Gasteiger partial charge in [0.05, 0.1) is 0 Å². The Morgan fingerprint density at radius 2 is 2.18 bits per heavy atom. The highest BCUT2D eigenvalue weighted by atomic mass is 32.1. The number of aromatic nitrogens is 2. The minimum absolute atomic E-state index is 0.331. The van der Waals surface area contributed by atoms with E-state index in [1.54, 1.807) is 16.8 Å². The maximum atomic E-state index is 5.87. The molecule has 0 bridgehead atoms. The van der Waals surface area contributed by atoms with E-state index in [0.29, 0.717) is 12.6 Å². The van der Waals surface area contributed by atoms with Crippen LogP contribution in [-0.2, 0) is 13.0 Å². The van der Waals surface area contributed by atoms with E-state index < -0.39 is 0 Å². The Morgan fingerprint density at radius 1 is 1.35 bits per heavy atom. The van der Waals surface area contributed by atoms with Crippen LogP contribution in [0.15, 0.2) is 29.8 Å². The van der Waals surface area contributed by atoms with Crippen molar-refractivity contribution in [1.82, 2.24) is 10.2 Å². The Bertz CT molecular complexity index is 497. The van der Waals surface area contributed by atoms with Crippen LogP contribution in [0.5, 0.6) is 0 Å². The van der Waals surface area contributed by atoms with E-state index in [-0.39, 0.29) is 0 Å². The second-order valence-electron chi connectivity index (χ2n) is 4.21. The molecule has 2 heterocycles. The fourth-order valence-corrected chi connectivity index (χ4v) is 2.95. The molecule has 0 spiro atoms. The molecule has 0 radical (unpaired) electrons. The van der Waals surface area contributed by atoms with Crippen molar-refractivity contribution < 1.29 is 0 Å². The number of benzene rings is 1.